The van der Waals surface area contributed by atoms with E-state index in [0.717, 1.165) is 16.0 Å². The van der Waals surface area contributed by atoms with Crippen LogP contribution in [-0.4, -0.2) is 129 Å². The Bertz CT molecular complexity index is 2590. The lowest BCUT2D eigenvalue weighted by Crippen LogP contribution is -2.54. The lowest BCUT2D eigenvalue weighted by molar-refractivity contribution is -0.903. The number of hydrogen-bond donors (Lipinski definition) is 5. The zero-order valence-corrected chi connectivity index (χ0v) is 36.2. The summed E-state index contributed by atoms with van der Waals surface area (Å²) in [4.78, 5) is 99.1. The number of aromatic amines is 1. The second-order valence-electron chi connectivity index (χ2n) is 16.8. The molecule has 5 heterocycles. The molecular weight excluding hydrogens is 811 g/mol. The van der Waals surface area contributed by atoms with Crippen molar-refractivity contribution in [2.75, 3.05) is 64.0 Å². The van der Waals surface area contributed by atoms with Gasteiger partial charge in [-0.3, -0.25) is 39.0 Å². The Balaban J connectivity index is 0.942. The second-order valence-corrected chi connectivity index (χ2v) is 16.8. The first-order valence-electron chi connectivity index (χ1n) is 20.9. The molecule has 0 aliphatic carbocycles. The maximum atomic E-state index is 13.6. The van der Waals surface area contributed by atoms with Crippen molar-refractivity contribution in [1.29, 1.82) is 0 Å². The van der Waals surface area contributed by atoms with Crippen LogP contribution in [0.3, 0.4) is 0 Å². The Kier molecular flexibility index (Phi) is 12.4. The molecule has 5 N–H and O–H groups in total. The number of aromatic nitrogens is 3. The maximum Gasteiger partial charge on any atom is 0.390 e. The summed E-state index contributed by atoms with van der Waals surface area (Å²) in [5.41, 5.74) is 6.84. The van der Waals surface area contributed by atoms with Crippen LogP contribution in [0, 0.1) is 24.0 Å². The number of rotatable bonds is 17. The van der Waals surface area contributed by atoms with Crippen LogP contribution in [0.2, 0.25) is 0 Å². The first-order valence-corrected chi connectivity index (χ1v) is 20.9. The molecule has 0 saturated carbocycles. The Hall–Kier alpha value is -6.99. The number of anilines is 2. The van der Waals surface area contributed by atoms with Crippen molar-refractivity contribution in [2.45, 2.75) is 52.6 Å². The molecule has 1 unspecified atom stereocenters. The van der Waals surface area contributed by atoms with E-state index in [1.165, 1.54) is 6.33 Å². The second kappa shape index (κ2) is 17.8. The molecule has 3 aliphatic rings. The number of likely N-dealkylation sites (N-methyl/N-ethyl adjacent to an activating group) is 2. The zero-order chi connectivity index (χ0) is 45.3. The fraction of sp³-hybridized carbons (Fsp3) is 0.386. The number of quaternary nitrogens is 1. The number of carbonyl (C=O) groups excluding carboxylic acids is 6. The third kappa shape index (κ3) is 9.01. The summed E-state index contributed by atoms with van der Waals surface area (Å²) in [6, 6.07) is 9.73. The molecule has 0 radical (unpaired) electrons. The van der Waals surface area contributed by atoms with Gasteiger partial charge in [-0.2, -0.15) is 0 Å². The van der Waals surface area contributed by atoms with Gasteiger partial charge >= 0.3 is 5.82 Å². The van der Waals surface area contributed by atoms with Crippen molar-refractivity contribution in [2.24, 2.45) is 7.05 Å². The number of benzene rings is 2. The average Bonchev–Trinajstić information content (AvgIpc) is 3.92. The SMILES string of the molecule is CCN(CCNC(=O)c1c(C)[nH]c(/C=C2\C(=O)Nc3ccc(CC[N+](C)(C)Cc4c([N+](=O)[O-])ncn4C)cc32)c1C)CCNc1cccc2c1C(=O)N(C1CCC(=O)NC1=O)C2=O. The number of fused-ring (bicyclic) bond motifs is 2. The topological polar surface area (TPSA) is 234 Å². The van der Waals surface area contributed by atoms with E-state index in [1.54, 1.807) is 35.9 Å². The van der Waals surface area contributed by atoms with E-state index in [0.29, 0.717) is 102 Å². The minimum atomic E-state index is -1.05. The van der Waals surface area contributed by atoms with E-state index < -0.39 is 34.6 Å². The van der Waals surface area contributed by atoms with Gasteiger partial charge in [-0.05, 0) is 78.2 Å². The number of H-pyrrole nitrogens is 1. The maximum absolute atomic E-state index is 13.6. The number of piperidine rings is 1. The molecule has 1 fully saturated rings. The summed E-state index contributed by atoms with van der Waals surface area (Å²) >= 11 is 0. The minimum Gasteiger partial charge on any atom is -0.383 e. The number of aryl methyl sites for hydroxylation is 2. The summed E-state index contributed by atoms with van der Waals surface area (Å²) in [5.74, 6) is -2.88. The molecule has 1 atom stereocenters. The van der Waals surface area contributed by atoms with Gasteiger partial charge in [0.1, 0.15) is 12.6 Å². The van der Waals surface area contributed by atoms with E-state index in [9.17, 15) is 38.9 Å². The summed E-state index contributed by atoms with van der Waals surface area (Å²) < 4.78 is 2.16. The van der Waals surface area contributed by atoms with Gasteiger partial charge in [0.25, 0.3) is 23.6 Å². The van der Waals surface area contributed by atoms with E-state index in [4.69, 9.17) is 0 Å². The van der Waals surface area contributed by atoms with Gasteiger partial charge in [0.15, 0.2) is 5.69 Å². The third-order valence-corrected chi connectivity index (χ3v) is 12.0. The fourth-order valence-corrected chi connectivity index (χ4v) is 8.49. The van der Waals surface area contributed by atoms with Crippen molar-refractivity contribution < 1.29 is 38.2 Å². The largest absolute Gasteiger partial charge is 0.390 e. The van der Waals surface area contributed by atoms with Crippen LogP contribution in [0.5, 0.6) is 0 Å². The van der Waals surface area contributed by atoms with Crippen LogP contribution < -0.4 is 21.3 Å². The van der Waals surface area contributed by atoms with Crippen molar-refractivity contribution in [3.63, 3.8) is 0 Å². The van der Waals surface area contributed by atoms with Gasteiger partial charge in [0.05, 0.1) is 42.9 Å². The van der Waals surface area contributed by atoms with Gasteiger partial charge < -0.3 is 45.0 Å². The Morgan fingerprint density at radius 2 is 1.81 bits per heavy atom. The molecule has 4 aromatic rings. The standard InChI is InChI=1S/C44H51N11O8/c1-7-52(18-16-45-32-10-8-9-28-38(32)44(61)53(43(28)60)34-13-14-36(56)50-41(34)58)19-17-46-42(59)37-25(2)33(48-26(37)3)22-30-29-21-27(11-12-31(29)49-40(30)57)15-20-55(5,6)23-35-39(54(62)63)47-24-51(35)4/h8-12,21-22,24,34H,7,13-20,23H2,1-6H3,(H4-,45,46,48,49,50,56,57,58,59,60,61)/p+1. The molecule has 19 nitrogen and oxygen atoms in total. The number of imidazole rings is 1. The highest BCUT2D eigenvalue weighted by Crippen LogP contribution is 2.36. The molecule has 7 rings (SSSR count). The molecule has 2 aromatic carbocycles. The molecule has 63 heavy (non-hydrogen) atoms. The Morgan fingerprint density at radius 1 is 1.05 bits per heavy atom. The number of nitro groups is 1. The first-order chi connectivity index (χ1) is 30.0. The van der Waals surface area contributed by atoms with Crippen molar-refractivity contribution in [3.8, 4) is 0 Å². The van der Waals surface area contributed by atoms with E-state index in [2.05, 4.69) is 36.1 Å². The van der Waals surface area contributed by atoms with Gasteiger partial charge in [-0.25, -0.2) is 0 Å². The molecule has 19 heteroatoms. The van der Waals surface area contributed by atoms with Gasteiger partial charge in [0.2, 0.25) is 18.1 Å². The highest BCUT2D eigenvalue weighted by Gasteiger charge is 2.45. The number of amides is 6. The summed E-state index contributed by atoms with van der Waals surface area (Å²) in [7, 11) is 5.77. The smallest absolute Gasteiger partial charge is 0.383 e. The Morgan fingerprint density at radius 3 is 2.54 bits per heavy atom. The van der Waals surface area contributed by atoms with E-state index in [1.807, 2.05) is 53.1 Å². The first kappa shape index (κ1) is 44.1. The van der Waals surface area contributed by atoms with Crippen molar-refractivity contribution in [1.82, 2.24) is 35.0 Å². The highest BCUT2D eigenvalue weighted by atomic mass is 16.6. The molecular formula is C44H52N11O8+. The molecule has 3 aliphatic heterocycles. The van der Waals surface area contributed by atoms with Crippen LogP contribution in [0.15, 0.2) is 42.7 Å². The minimum absolute atomic E-state index is 0.0404. The predicted molar refractivity (Wildman–Crippen MR) is 234 cm³/mol. The zero-order valence-electron chi connectivity index (χ0n) is 36.2. The van der Waals surface area contributed by atoms with Gasteiger partial charge in [-0.1, -0.05) is 19.1 Å². The number of imide groups is 2. The monoisotopic (exact) mass is 862 g/mol. The predicted octanol–water partition coefficient (Wildman–Crippen LogP) is 3.15. The average molecular weight is 863 g/mol. The van der Waals surface area contributed by atoms with E-state index in [-0.39, 0.29) is 41.6 Å². The lowest BCUT2D eigenvalue weighted by Gasteiger charge is -2.29. The molecule has 0 spiro atoms. The van der Waals surface area contributed by atoms with Crippen LogP contribution in [0.25, 0.3) is 11.6 Å². The summed E-state index contributed by atoms with van der Waals surface area (Å²) in [6.45, 7) is 9.33. The van der Waals surface area contributed by atoms with Gasteiger partial charge in [-0.15, -0.1) is 0 Å². The summed E-state index contributed by atoms with van der Waals surface area (Å²) in [6.07, 6.45) is 4.01. The number of nitrogens with one attached hydrogen (secondary N) is 5. The number of carbonyl (C=O) groups is 6. The van der Waals surface area contributed by atoms with E-state index >= 15 is 0 Å². The normalized spacial score (nSPS) is 16.7. The summed E-state index contributed by atoms with van der Waals surface area (Å²) in [5, 5.41) is 23.0. The van der Waals surface area contributed by atoms with Crippen molar-refractivity contribution in [3.05, 3.63) is 103 Å². The highest BCUT2D eigenvalue weighted by molar-refractivity contribution is 6.35. The van der Waals surface area contributed by atoms with Crippen LogP contribution in [0.1, 0.15) is 84.6 Å². The van der Waals surface area contributed by atoms with Crippen LogP contribution in [0.4, 0.5) is 17.2 Å². The van der Waals surface area contributed by atoms with Crippen LogP contribution in [-0.2, 0) is 34.4 Å². The number of nitrogens with zero attached hydrogens (tertiary/aromatic N) is 6. The Labute approximate surface area is 363 Å². The molecule has 0 bridgehead atoms. The third-order valence-electron chi connectivity index (χ3n) is 12.0. The van der Waals surface area contributed by atoms with Gasteiger partial charge in [0, 0.05) is 74.4 Å². The fourth-order valence-electron chi connectivity index (χ4n) is 8.49. The quantitative estimate of drug-likeness (QED) is 0.0340. The molecule has 2 aromatic heterocycles. The lowest BCUT2D eigenvalue weighted by atomic mass is 10.0. The van der Waals surface area contributed by atoms with Crippen molar-refractivity contribution >= 4 is 64.3 Å². The number of hydrogen-bond acceptors (Lipinski definition) is 11. The van der Waals surface area contributed by atoms with Crippen LogP contribution >= 0.6 is 0 Å². The molecule has 6 amide bonds. The molecule has 330 valence electrons. The molecule has 1 saturated heterocycles.